The third-order valence-corrected chi connectivity index (χ3v) is 3.90. The highest BCUT2D eigenvalue weighted by molar-refractivity contribution is 5.85. The smallest absolute Gasteiger partial charge is 0.258 e. The highest BCUT2D eigenvalue weighted by Crippen LogP contribution is 2.31. The molecule has 4 nitrogen and oxygen atoms in total. The number of fused-ring (bicyclic) bond motifs is 1. The molecule has 2 aromatic carbocycles. The van der Waals surface area contributed by atoms with Crippen LogP contribution in [0.1, 0.15) is 25.2 Å². The molecule has 0 radical (unpaired) electrons. The number of hydrogen-bond acceptors (Lipinski definition) is 2. The summed E-state index contributed by atoms with van der Waals surface area (Å²) in [6.07, 6.45) is 1.84. The first-order valence-electron chi connectivity index (χ1n) is 7.83. The van der Waals surface area contributed by atoms with Crippen molar-refractivity contribution in [2.45, 2.75) is 13.8 Å². The summed E-state index contributed by atoms with van der Waals surface area (Å²) in [6.45, 7) is 4.09. The topological polar surface area (TPSA) is 54.4 Å². The molecule has 3 rings (SSSR count). The van der Waals surface area contributed by atoms with Crippen LogP contribution in [0, 0.1) is 16.0 Å². The van der Waals surface area contributed by atoms with Crippen molar-refractivity contribution in [3.05, 3.63) is 82.1 Å². The molecule has 0 bridgehead atoms. The van der Waals surface area contributed by atoms with Crippen molar-refractivity contribution in [3.8, 4) is 0 Å². The van der Waals surface area contributed by atoms with E-state index in [0.717, 1.165) is 22.3 Å². The van der Waals surface area contributed by atoms with E-state index in [9.17, 15) is 10.1 Å². The molecule has 0 saturated heterocycles. The number of allylic oxidation sites excluding steroid dienone is 1. The predicted molar refractivity (Wildman–Crippen MR) is 96.4 cm³/mol. The average molecular weight is 320 g/mol. The molecular formula is C20H18NO3+. The highest BCUT2D eigenvalue weighted by atomic mass is 16.6. The van der Waals surface area contributed by atoms with E-state index in [-0.39, 0.29) is 16.5 Å². The Balaban J connectivity index is 2.14. The van der Waals surface area contributed by atoms with Gasteiger partial charge in [-0.3, -0.25) is 10.1 Å². The van der Waals surface area contributed by atoms with Gasteiger partial charge >= 0.3 is 11.3 Å². The molecule has 4 heteroatoms. The summed E-state index contributed by atoms with van der Waals surface area (Å²) in [4.78, 5) is 10.9. The summed E-state index contributed by atoms with van der Waals surface area (Å²) in [6, 6.07) is 18.5. The molecule has 0 spiro atoms. The zero-order valence-electron chi connectivity index (χ0n) is 13.6. The lowest BCUT2D eigenvalue weighted by atomic mass is 9.97. The van der Waals surface area contributed by atoms with E-state index in [2.05, 4.69) is 0 Å². The van der Waals surface area contributed by atoms with Gasteiger partial charge in [-0.2, -0.15) is 0 Å². The number of para-hydroxylation sites is 2. The lowest BCUT2D eigenvalue weighted by Crippen LogP contribution is -1.96. The van der Waals surface area contributed by atoms with E-state index in [1.54, 1.807) is 18.2 Å². The summed E-state index contributed by atoms with van der Waals surface area (Å²) in [5.74, 6) is 0.886. The van der Waals surface area contributed by atoms with Crippen LogP contribution in [-0.4, -0.2) is 4.92 Å². The van der Waals surface area contributed by atoms with Crippen LogP contribution in [0.2, 0.25) is 0 Å². The van der Waals surface area contributed by atoms with Crippen molar-refractivity contribution in [1.29, 1.82) is 0 Å². The van der Waals surface area contributed by atoms with Crippen LogP contribution in [0.3, 0.4) is 0 Å². The van der Waals surface area contributed by atoms with Gasteiger partial charge in [-0.15, -0.1) is 0 Å². The second kappa shape index (κ2) is 6.62. The van der Waals surface area contributed by atoms with Gasteiger partial charge in [0.2, 0.25) is 0 Å². The molecule has 120 valence electrons. The van der Waals surface area contributed by atoms with E-state index in [0.29, 0.717) is 5.56 Å². The van der Waals surface area contributed by atoms with E-state index in [1.807, 2.05) is 56.3 Å². The summed E-state index contributed by atoms with van der Waals surface area (Å²) in [5, 5.41) is 12.3. The third kappa shape index (κ3) is 3.18. The van der Waals surface area contributed by atoms with Crippen LogP contribution in [-0.2, 0) is 0 Å². The zero-order chi connectivity index (χ0) is 17.1. The minimum Gasteiger partial charge on any atom is -0.258 e. The molecule has 0 aliphatic rings. The molecule has 0 fully saturated rings. The lowest BCUT2D eigenvalue weighted by Gasteiger charge is -2.05. The number of nitro groups is 1. The quantitative estimate of drug-likeness (QED) is 0.346. The van der Waals surface area contributed by atoms with Gasteiger partial charge in [-0.1, -0.05) is 38.1 Å². The van der Waals surface area contributed by atoms with Crippen LogP contribution in [0.25, 0.3) is 22.6 Å². The third-order valence-electron chi connectivity index (χ3n) is 3.90. The fourth-order valence-electron chi connectivity index (χ4n) is 2.65. The maximum Gasteiger partial charge on any atom is 0.360 e. The highest BCUT2D eigenvalue weighted by Gasteiger charge is 2.21. The van der Waals surface area contributed by atoms with Crippen LogP contribution in [0.5, 0.6) is 0 Å². The number of benzene rings is 2. The fraction of sp³-hybridized carbons (Fsp3) is 0.150. The van der Waals surface area contributed by atoms with Gasteiger partial charge in [0, 0.05) is 18.2 Å². The standard InChI is InChI=1S/C20H18NO3/c1-14(2)17(13-16-8-3-5-9-18(16)21(22)23)20-12-11-15-7-4-6-10-19(15)24-20/h3-14H,1-2H3/q+1/b17-13-. The van der Waals surface area contributed by atoms with Gasteiger partial charge in [0.15, 0.2) is 0 Å². The molecular weight excluding hydrogens is 302 g/mol. The number of nitro benzene ring substituents is 1. The van der Waals surface area contributed by atoms with E-state index in [1.165, 1.54) is 6.07 Å². The van der Waals surface area contributed by atoms with Crippen molar-refractivity contribution in [1.82, 2.24) is 0 Å². The molecule has 0 aliphatic carbocycles. The Morgan fingerprint density at radius 1 is 1.04 bits per heavy atom. The normalized spacial score (nSPS) is 11.9. The Kier molecular flexibility index (Phi) is 4.38. The first kappa shape index (κ1) is 15.9. The number of hydrogen-bond donors (Lipinski definition) is 0. The maximum absolute atomic E-state index is 11.2. The Bertz CT molecular complexity index is 929. The Hall–Kier alpha value is -3.01. The Morgan fingerprint density at radius 2 is 1.75 bits per heavy atom. The molecule has 0 amide bonds. The van der Waals surface area contributed by atoms with E-state index >= 15 is 0 Å². The van der Waals surface area contributed by atoms with Gasteiger partial charge in [-0.25, -0.2) is 4.42 Å². The van der Waals surface area contributed by atoms with Crippen LogP contribution < -0.4 is 0 Å². The first-order valence-corrected chi connectivity index (χ1v) is 7.83. The summed E-state index contributed by atoms with van der Waals surface area (Å²) < 4.78 is 6.02. The minimum absolute atomic E-state index is 0.0939. The van der Waals surface area contributed by atoms with Crippen LogP contribution in [0.15, 0.2) is 65.1 Å². The summed E-state index contributed by atoms with van der Waals surface area (Å²) in [7, 11) is 0. The minimum atomic E-state index is -0.360. The van der Waals surface area contributed by atoms with Gasteiger partial charge in [0.25, 0.3) is 5.69 Å². The molecule has 0 aliphatic heterocycles. The summed E-state index contributed by atoms with van der Waals surface area (Å²) in [5.41, 5.74) is 2.39. The molecule has 24 heavy (non-hydrogen) atoms. The summed E-state index contributed by atoms with van der Waals surface area (Å²) >= 11 is 0. The van der Waals surface area contributed by atoms with Crippen molar-refractivity contribution in [2.24, 2.45) is 5.92 Å². The number of nitrogens with zero attached hydrogens (tertiary/aromatic N) is 1. The van der Waals surface area contributed by atoms with Crippen molar-refractivity contribution < 1.29 is 9.34 Å². The zero-order valence-corrected chi connectivity index (χ0v) is 13.6. The first-order chi connectivity index (χ1) is 11.6. The van der Waals surface area contributed by atoms with Crippen molar-refractivity contribution in [2.75, 3.05) is 0 Å². The molecule has 1 heterocycles. The van der Waals surface area contributed by atoms with E-state index in [4.69, 9.17) is 4.42 Å². The maximum atomic E-state index is 11.2. The molecule has 0 N–H and O–H groups in total. The van der Waals surface area contributed by atoms with Crippen LogP contribution >= 0.6 is 0 Å². The second-order valence-corrected chi connectivity index (χ2v) is 5.91. The molecule has 1 aromatic heterocycles. The number of rotatable bonds is 4. The monoisotopic (exact) mass is 320 g/mol. The van der Waals surface area contributed by atoms with Crippen molar-refractivity contribution in [3.63, 3.8) is 0 Å². The molecule has 0 atom stereocenters. The van der Waals surface area contributed by atoms with Gasteiger partial charge in [-0.05, 0) is 30.2 Å². The van der Waals surface area contributed by atoms with Crippen molar-refractivity contribution >= 4 is 28.3 Å². The molecule has 0 unspecified atom stereocenters. The second-order valence-electron chi connectivity index (χ2n) is 5.91. The predicted octanol–water partition coefficient (Wildman–Crippen LogP) is 5.82. The van der Waals surface area contributed by atoms with Gasteiger partial charge in [0.1, 0.15) is 0 Å². The lowest BCUT2D eigenvalue weighted by molar-refractivity contribution is -0.385. The Morgan fingerprint density at radius 3 is 2.50 bits per heavy atom. The largest absolute Gasteiger partial charge is 0.360 e. The molecule has 0 saturated carbocycles. The Labute approximate surface area is 140 Å². The SMILES string of the molecule is CC(C)/C(=C/c1ccccc1[N+](=O)[O-])c1ccc2ccccc2[o+]1. The van der Waals surface area contributed by atoms with Crippen LogP contribution in [0.4, 0.5) is 5.69 Å². The molecule has 3 aromatic rings. The average Bonchev–Trinajstić information content (AvgIpc) is 2.59. The van der Waals surface area contributed by atoms with Gasteiger partial charge < -0.3 is 0 Å². The van der Waals surface area contributed by atoms with E-state index < -0.39 is 0 Å². The fourth-order valence-corrected chi connectivity index (χ4v) is 2.65. The van der Waals surface area contributed by atoms with Gasteiger partial charge in [0.05, 0.1) is 21.4 Å².